The van der Waals surface area contributed by atoms with Gasteiger partial charge in [-0.3, -0.25) is 0 Å². The van der Waals surface area contributed by atoms with Gasteiger partial charge in [0.2, 0.25) is 5.95 Å². The van der Waals surface area contributed by atoms with Crippen LogP contribution in [0.3, 0.4) is 0 Å². The standard InChI is InChI=1S/C14H18N6O/c1-16-10-7-20(8-10)13-6-12(18-14(15)19-13)17-9-3-2-4-11(21)5-9/h2-6,10,16,21H,7-8H2,1H3,(H3,15,17,18,19). The van der Waals surface area contributed by atoms with Gasteiger partial charge >= 0.3 is 0 Å². The largest absolute Gasteiger partial charge is 0.508 e. The smallest absolute Gasteiger partial charge is 0.223 e. The Kier molecular flexibility index (Phi) is 3.49. The number of phenols is 1. The van der Waals surface area contributed by atoms with Crippen LogP contribution in [0.2, 0.25) is 0 Å². The number of phenolic OH excluding ortho intramolecular Hbond substituents is 1. The van der Waals surface area contributed by atoms with E-state index in [0.717, 1.165) is 24.6 Å². The van der Waals surface area contributed by atoms with E-state index in [9.17, 15) is 5.11 Å². The zero-order valence-electron chi connectivity index (χ0n) is 11.7. The molecule has 1 aliphatic heterocycles. The number of nitrogens with one attached hydrogen (secondary N) is 2. The number of anilines is 4. The summed E-state index contributed by atoms with van der Waals surface area (Å²) in [7, 11) is 1.95. The van der Waals surface area contributed by atoms with Gasteiger partial charge in [0.05, 0.1) is 0 Å². The summed E-state index contributed by atoms with van der Waals surface area (Å²) in [4.78, 5) is 10.6. The van der Waals surface area contributed by atoms with Crippen LogP contribution in [0.1, 0.15) is 0 Å². The minimum absolute atomic E-state index is 0.196. The molecule has 0 bridgehead atoms. The number of aromatic hydroxyl groups is 1. The number of aromatic nitrogens is 2. The van der Waals surface area contributed by atoms with E-state index in [2.05, 4.69) is 25.5 Å². The molecule has 110 valence electrons. The van der Waals surface area contributed by atoms with Crippen LogP contribution >= 0.6 is 0 Å². The molecule has 0 saturated carbocycles. The number of nitrogens with zero attached hydrogens (tertiary/aromatic N) is 3. The number of hydrogen-bond acceptors (Lipinski definition) is 7. The lowest BCUT2D eigenvalue weighted by molar-refractivity contribution is 0.447. The first kappa shape index (κ1) is 13.4. The second-order valence-corrected chi connectivity index (χ2v) is 5.04. The Morgan fingerprint density at radius 1 is 1.29 bits per heavy atom. The molecule has 2 heterocycles. The predicted molar refractivity (Wildman–Crippen MR) is 82.9 cm³/mol. The van der Waals surface area contributed by atoms with Crippen molar-refractivity contribution in [2.45, 2.75) is 6.04 Å². The second-order valence-electron chi connectivity index (χ2n) is 5.04. The van der Waals surface area contributed by atoms with E-state index in [1.165, 1.54) is 0 Å². The fourth-order valence-corrected chi connectivity index (χ4v) is 2.26. The van der Waals surface area contributed by atoms with E-state index >= 15 is 0 Å². The molecule has 0 atom stereocenters. The lowest BCUT2D eigenvalue weighted by Crippen LogP contribution is -2.57. The normalized spacial score (nSPS) is 14.8. The maximum atomic E-state index is 9.48. The van der Waals surface area contributed by atoms with Crippen molar-refractivity contribution in [3.05, 3.63) is 30.3 Å². The summed E-state index contributed by atoms with van der Waals surface area (Å²) >= 11 is 0. The highest BCUT2D eigenvalue weighted by atomic mass is 16.3. The van der Waals surface area contributed by atoms with Crippen LogP contribution < -0.4 is 21.3 Å². The average Bonchev–Trinajstić information content (AvgIpc) is 2.36. The summed E-state index contributed by atoms with van der Waals surface area (Å²) in [5.41, 5.74) is 6.52. The summed E-state index contributed by atoms with van der Waals surface area (Å²) in [5, 5.41) is 15.8. The quantitative estimate of drug-likeness (QED) is 0.663. The molecule has 1 aromatic heterocycles. The van der Waals surface area contributed by atoms with E-state index in [0.29, 0.717) is 11.9 Å². The summed E-state index contributed by atoms with van der Waals surface area (Å²) < 4.78 is 0. The molecule has 1 aliphatic rings. The lowest BCUT2D eigenvalue weighted by Gasteiger charge is -2.40. The number of benzene rings is 1. The zero-order valence-corrected chi connectivity index (χ0v) is 11.7. The molecule has 1 fully saturated rings. The Balaban J connectivity index is 1.78. The molecule has 0 spiro atoms. The summed E-state index contributed by atoms with van der Waals surface area (Å²) in [5.74, 6) is 1.83. The topological polar surface area (TPSA) is 99.3 Å². The first-order valence-corrected chi connectivity index (χ1v) is 6.77. The number of likely N-dealkylation sites (N-methyl/N-ethyl adjacent to an activating group) is 1. The highest BCUT2D eigenvalue weighted by Crippen LogP contribution is 2.25. The molecule has 5 N–H and O–H groups in total. The summed E-state index contributed by atoms with van der Waals surface area (Å²) in [6.45, 7) is 1.80. The van der Waals surface area contributed by atoms with Gasteiger partial charge in [-0.05, 0) is 19.2 Å². The zero-order chi connectivity index (χ0) is 14.8. The Labute approximate surface area is 122 Å². The van der Waals surface area contributed by atoms with Gasteiger partial charge in [0.1, 0.15) is 17.4 Å². The van der Waals surface area contributed by atoms with Gasteiger partial charge in [-0.15, -0.1) is 0 Å². The minimum Gasteiger partial charge on any atom is -0.508 e. The van der Waals surface area contributed by atoms with Crippen molar-refractivity contribution < 1.29 is 5.11 Å². The van der Waals surface area contributed by atoms with E-state index in [1.54, 1.807) is 18.2 Å². The van der Waals surface area contributed by atoms with Gasteiger partial charge in [-0.1, -0.05) is 6.07 Å². The Bertz CT molecular complexity index is 641. The highest BCUT2D eigenvalue weighted by Gasteiger charge is 2.26. The van der Waals surface area contributed by atoms with Gasteiger partial charge in [0, 0.05) is 37.0 Å². The highest BCUT2D eigenvalue weighted by molar-refractivity contribution is 5.62. The molecular formula is C14H18N6O. The lowest BCUT2D eigenvalue weighted by atomic mass is 10.1. The van der Waals surface area contributed by atoms with Crippen molar-refractivity contribution in [3.8, 4) is 5.75 Å². The monoisotopic (exact) mass is 286 g/mol. The number of rotatable bonds is 4. The van der Waals surface area contributed by atoms with Gasteiger partial charge in [-0.2, -0.15) is 9.97 Å². The molecule has 2 aromatic rings. The number of nitrogen functional groups attached to an aromatic ring is 1. The van der Waals surface area contributed by atoms with Gasteiger partial charge in [-0.25, -0.2) is 0 Å². The molecule has 1 aromatic carbocycles. The van der Waals surface area contributed by atoms with Crippen molar-refractivity contribution in [3.63, 3.8) is 0 Å². The van der Waals surface area contributed by atoms with Crippen molar-refractivity contribution in [1.82, 2.24) is 15.3 Å². The van der Waals surface area contributed by atoms with Gasteiger partial charge in [0.25, 0.3) is 0 Å². The van der Waals surface area contributed by atoms with E-state index < -0.39 is 0 Å². The number of nitrogens with two attached hydrogens (primary N) is 1. The van der Waals surface area contributed by atoms with Crippen molar-refractivity contribution in [2.75, 3.05) is 36.1 Å². The van der Waals surface area contributed by atoms with Crippen LogP contribution in [0.25, 0.3) is 0 Å². The fraction of sp³-hybridized carbons (Fsp3) is 0.286. The number of hydrogen-bond donors (Lipinski definition) is 4. The molecule has 0 radical (unpaired) electrons. The Morgan fingerprint density at radius 2 is 2.10 bits per heavy atom. The first-order chi connectivity index (χ1) is 10.1. The fourth-order valence-electron chi connectivity index (χ4n) is 2.26. The minimum atomic E-state index is 0.196. The SMILES string of the molecule is CNC1CN(c2cc(Nc3cccc(O)c3)nc(N)n2)C1. The van der Waals surface area contributed by atoms with Crippen LogP contribution in [0, 0.1) is 0 Å². The third kappa shape index (κ3) is 2.97. The van der Waals surface area contributed by atoms with E-state index in [4.69, 9.17) is 5.73 Å². The Hall–Kier alpha value is -2.54. The van der Waals surface area contributed by atoms with Crippen LogP contribution in [0.4, 0.5) is 23.3 Å². The van der Waals surface area contributed by atoms with Gasteiger partial charge < -0.3 is 26.4 Å². The van der Waals surface area contributed by atoms with Crippen molar-refractivity contribution in [2.24, 2.45) is 0 Å². The maximum Gasteiger partial charge on any atom is 0.223 e. The van der Waals surface area contributed by atoms with Crippen molar-refractivity contribution in [1.29, 1.82) is 0 Å². The average molecular weight is 286 g/mol. The van der Waals surface area contributed by atoms with Crippen LogP contribution in [0.5, 0.6) is 5.75 Å². The maximum absolute atomic E-state index is 9.48. The first-order valence-electron chi connectivity index (χ1n) is 6.77. The van der Waals surface area contributed by atoms with Crippen LogP contribution in [-0.2, 0) is 0 Å². The molecule has 7 heteroatoms. The predicted octanol–water partition coefficient (Wildman–Crippen LogP) is 0.916. The van der Waals surface area contributed by atoms with Crippen LogP contribution in [-0.4, -0.2) is 41.3 Å². The summed E-state index contributed by atoms with van der Waals surface area (Å²) in [6, 6.07) is 9.19. The van der Waals surface area contributed by atoms with Gasteiger partial charge in [0.15, 0.2) is 0 Å². The molecule has 0 amide bonds. The van der Waals surface area contributed by atoms with Crippen LogP contribution in [0.15, 0.2) is 30.3 Å². The van der Waals surface area contributed by atoms with E-state index in [1.807, 2.05) is 19.2 Å². The third-order valence-electron chi connectivity index (χ3n) is 3.46. The molecule has 7 nitrogen and oxygen atoms in total. The molecule has 3 rings (SSSR count). The summed E-state index contributed by atoms with van der Waals surface area (Å²) in [6.07, 6.45) is 0. The Morgan fingerprint density at radius 3 is 2.81 bits per heavy atom. The molecule has 0 unspecified atom stereocenters. The third-order valence-corrected chi connectivity index (χ3v) is 3.46. The molecule has 1 saturated heterocycles. The van der Waals surface area contributed by atoms with E-state index in [-0.39, 0.29) is 11.7 Å². The second kappa shape index (κ2) is 5.45. The molecule has 21 heavy (non-hydrogen) atoms. The van der Waals surface area contributed by atoms with Crippen molar-refractivity contribution >= 4 is 23.3 Å². The molecular weight excluding hydrogens is 268 g/mol. The molecule has 0 aliphatic carbocycles.